The zero-order valence-corrected chi connectivity index (χ0v) is 15.6. The van der Waals surface area contributed by atoms with Crippen LogP contribution in [0.2, 0.25) is 0 Å². The van der Waals surface area contributed by atoms with Crippen molar-refractivity contribution in [2.45, 2.75) is 50.4 Å². The molecule has 0 aromatic carbocycles. The Labute approximate surface area is 165 Å². The maximum Gasteiger partial charge on any atom is 0.322 e. The van der Waals surface area contributed by atoms with Crippen LogP contribution < -0.4 is 27.4 Å². The van der Waals surface area contributed by atoms with Crippen LogP contribution in [-0.4, -0.2) is 81.7 Å². The van der Waals surface area contributed by atoms with E-state index in [1.165, 1.54) is 0 Å². The van der Waals surface area contributed by atoms with Gasteiger partial charge in [0.1, 0.15) is 18.6 Å². The lowest BCUT2D eigenvalue weighted by Gasteiger charge is -2.25. The predicted molar refractivity (Wildman–Crippen MR) is 94.8 cm³/mol. The molecule has 10 N–H and O–H groups in total. The fourth-order valence-corrected chi connectivity index (χ4v) is 2.06. The second-order valence-electron chi connectivity index (χ2n) is 6.11. The third kappa shape index (κ3) is 10.6. The van der Waals surface area contributed by atoms with E-state index in [4.69, 9.17) is 21.7 Å². The van der Waals surface area contributed by atoms with Crippen molar-refractivity contribution < 1.29 is 44.1 Å². The number of carboxylic acid groups (broad SMARTS) is 2. The number of aliphatic hydroxyl groups is 1. The minimum Gasteiger partial charge on any atom is -0.481 e. The number of hydrogen-bond donors (Lipinski definition) is 8. The number of aliphatic carboxylic acids is 2. The lowest BCUT2D eigenvalue weighted by molar-refractivity contribution is -0.139. The molecular weight excluding hydrogens is 394 g/mol. The van der Waals surface area contributed by atoms with Gasteiger partial charge < -0.3 is 42.7 Å². The Morgan fingerprint density at radius 2 is 1.52 bits per heavy atom. The Hall–Kier alpha value is -3.26. The van der Waals surface area contributed by atoms with E-state index in [-0.39, 0.29) is 6.42 Å². The topological polar surface area (TPSA) is 251 Å². The molecule has 14 heteroatoms. The maximum atomic E-state index is 12.4. The third-order valence-corrected chi connectivity index (χ3v) is 3.51. The van der Waals surface area contributed by atoms with Crippen molar-refractivity contribution in [1.82, 2.24) is 16.0 Å². The first-order chi connectivity index (χ1) is 13.3. The lowest BCUT2D eigenvalue weighted by Crippen LogP contribution is -2.58. The fourth-order valence-electron chi connectivity index (χ4n) is 2.06. The molecule has 0 aliphatic heterocycles. The third-order valence-electron chi connectivity index (χ3n) is 3.51. The molecule has 164 valence electrons. The molecule has 0 fully saturated rings. The summed E-state index contributed by atoms with van der Waals surface area (Å²) in [5, 5.41) is 33.3. The van der Waals surface area contributed by atoms with Crippen LogP contribution in [0.15, 0.2) is 0 Å². The van der Waals surface area contributed by atoms with Crippen molar-refractivity contribution in [2.24, 2.45) is 11.5 Å². The van der Waals surface area contributed by atoms with Crippen LogP contribution in [-0.2, 0) is 28.8 Å². The zero-order valence-electron chi connectivity index (χ0n) is 15.6. The second kappa shape index (κ2) is 12.2. The number of amides is 4. The Morgan fingerprint density at radius 3 is 1.97 bits per heavy atom. The molecule has 0 heterocycles. The van der Waals surface area contributed by atoms with Crippen molar-refractivity contribution >= 4 is 35.6 Å². The summed E-state index contributed by atoms with van der Waals surface area (Å²) in [4.78, 5) is 68.6. The van der Waals surface area contributed by atoms with E-state index in [1.54, 1.807) is 0 Å². The molecular formula is C15H25N5O9. The number of primary amides is 1. The van der Waals surface area contributed by atoms with E-state index in [0.717, 1.165) is 6.92 Å². The monoisotopic (exact) mass is 419 g/mol. The van der Waals surface area contributed by atoms with Crippen molar-refractivity contribution in [3.63, 3.8) is 0 Å². The van der Waals surface area contributed by atoms with E-state index < -0.39 is 79.2 Å². The Morgan fingerprint density at radius 1 is 0.931 bits per heavy atom. The standard InChI is InChI=1S/C15H25N5O9/c1-6(21)12(15(29)18-5-11(25)26)20-14(28)8(2-3-10(23)24)19-13(27)7(16)4-9(17)22/h6-8,12,21H,2-5,16H2,1H3,(H2,17,22)(H,18,29)(H,19,27)(H,20,28)(H,23,24)(H,25,26). The largest absolute Gasteiger partial charge is 0.481 e. The van der Waals surface area contributed by atoms with Crippen molar-refractivity contribution in [3.8, 4) is 0 Å². The number of carbonyl (C=O) groups excluding carboxylic acids is 4. The highest BCUT2D eigenvalue weighted by atomic mass is 16.4. The number of rotatable bonds is 13. The van der Waals surface area contributed by atoms with Gasteiger partial charge in [-0.3, -0.25) is 28.8 Å². The van der Waals surface area contributed by atoms with Gasteiger partial charge in [-0.05, 0) is 13.3 Å². The SMILES string of the molecule is CC(O)C(NC(=O)C(CCC(=O)O)NC(=O)C(N)CC(N)=O)C(=O)NCC(=O)O. The summed E-state index contributed by atoms with van der Waals surface area (Å²) in [6.45, 7) is 0.387. The van der Waals surface area contributed by atoms with E-state index in [0.29, 0.717) is 0 Å². The number of aliphatic hydroxyl groups excluding tert-OH is 1. The second-order valence-corrected chi connectivity index (χ2v) is 6.11. The van der Waals surface area contributed by atoms with Crippen LogP contribution >= 0.6 is 0 Å². The van der Waals surface area contributed by atoms with Gasteiger partial charge in [0.05, 0.1) is 18.6 Å². The normalized spacial score (nSPS) is 14.6. The first-order valence-corrected chi connectivity index (χ1v) is 8.39. The van der Waals surface area contributed by atoms with E-state index in [9.17, 15) is 33.9 Å². The first-order valence-electron chi connectivity index (χ1n) is 8.39. The van der Waals surface area contributed by atoms with Crippen molar-refractivity contribution in [1.29, 1.82) is 0 Å². The quantitative estimate of drug-likeness (QED) is 0.142. The molecule has 0 saturated heterocycles. The molecule has 29 heavy (non-hydrogen) atoms. The zero-order chi connectivity index (χ0) is 22.7. The summed E-state index contributed by atoms with van der Waals surface area (Å²) >= 11 is 0. The summed E-state index contributed by atoms with van der Waals surface area (Å²) in [6, 6.07) is -4.43. The predicted octanol–water partition coefficient (Wildman–Crippen LogP) is -4.39. The van der Waals surface area contributed by atoms with Crippen LogP contribution in [0, 0.1) is 0 Å². The number of nitrogens with two attached hydrogens (primary N) is 2. The smallest absolute Gasteiger partial charge is 0.322 e. The summed E-state index contributed by atoms with van der Waals surface area (Å²) in [5.41, 5.74) is 10.4. The minimum absolute atomic E-state index is 0.389. The average molecular weight is 419 g/mol. The highest BCUT2D eigenvalue weighted by Gasteiger charge is 2.31. The van der Waals surface area contributed by atoms with Gasteiger partial charge >= 0.3 is 11.9 Å². The molecule has 0 aliphatic carbocycles. The number of hydrogen-bond acceptors (Lipinski definition) is 8. The Kier molecular flexibility index (Phi) is 10.9. The molecule has 0 radical (unpaired) electrons. The van der Waals surface area contributed by atoms with Crippen LogP contribution in [0.1, 0.15) is 26.2 Å². The van der Waals surface area contributed by atoms with E-state index >= 15 is 0 Å². The van der Waals surface area contributed by atoms with Gasteiger partial charge in [-0.15, -0.1) is 0 Å². The fraction of sp³-hybridized carbons (Fsp3) is 0.600. The Balaban J connectivity index is 5.26. The highest BCUT2D eigenvalue weighted by Crippen LogP contribution is 2.03. The summed E-state index contributed by atoms with van der Waals surface area (Å²) in [7, 11) is 0. The highest BCUT2D eigenvalue weighted by molar-refractivity contribution is 5.95. The number of carboxylic acids is 2. The summed E-state index contributed by atoms with van der Waals surface area (Å²) in [5.74, 6) is -6.50. The summed E-state index contributed by atoms with van der Waals surface area (Å²) in [6.07, 6.45) is -2.89. The van der Waals surface area contributed by atoms with Crippen LogP contribution in [0.5, 0.6) is 0 Å². The molecule has 0 aliphatic rings. The molecule has 0 aromatic rings. The van der Waals surface area contributed by atoms with Crippen molar-refractivity contribution in [3.05, 3.63) is 0 Å². The average Bonchev–Trinajstić information content (AvgIpc) is 2.59. The number of nitrogens with one attached hydrogen (secondary N) is 3. The molecule has 0 saturated carbocycles. The van der Waals surface area contributed by atoms with Crippen molar-refractivity contribution in [2.75, 3.05) is 6.54 Å². The van der Waals surface area contributed by atoms with Crippen LogP contribution in [0.3, 0.4) is 0 Å². The maximum absolute atomic E-state index is 12.4. The summed E-state index contributed by atoms with van der Waals surface area (Å²) < 4.78 is 0. The van der Waals surface area contributed by atoms with Gasteiger partial charge in [0.2, 0.25) is 23.6 Å². The van der Waals surface area contributed by atoms with Gasteiger partial charge in [-0.1, -0.05) is 0 Å². The van der Waals surface area contributed by atoms with Crippen LogP contribution in [0.25, 0.3) is 0 Å². The number of carbonyl (C=O) groups is 6. The van der Waals surface area contributed by atoms with Gasteiger partial charge in [-0.2, -0.15) is 0 Å². The molecule has 4 amide bonds. The molecule has 0 spiro atoms. The lowest BCUT2D eigenvalue weighted by atomic mass is 10.1. The molecule has 4 atom stereocenters. The van der Waals surface area contributed by atoms with E-state index in [1.807, 2.05) is 5.32 Å². The molecule has 4 unspecified atom stereocenters. The molecule has 0 rings (SSSR count). The molecule has 14 nitrogen and oxygen atoms in total. The van der Waals surface area contributed by atoms with Crippen LogP contribution in [0.4, 0.5) is 0 Å². The van der Waals surface area contributed by atoms with Gasteiger partial charge in [0.15, 0.2) is 0 Å². The Bertz CT molecular complexity index is 652. The van der Waals surface area contributed by atoms with Gasteiger partial charge in [0.25, 0.3) is 0 Å². The van der Waals surface area contributed by atoms with E-state index in [2.05, 4.69) is 10.6 Å². The first kappa shape index (κ1) is 25.7. The minimum atomic E-state index is -1.58. The van der Waals surface area contributed by atoms with Gasteiger partial charge in [0, 0.05) is 6.42 Å². The van der Waals surface area contributed by atoms with Gasteiger partial charge in [-0.25, -0.2) is 0 Å². The molecule has 0 aromatic heterocycles. The molecule has 0 bridgehead atoms.